The lowest BCUT2D eigenvalue weighted by molar-refractivity contribution is -0.150. The Hall–Kier alpha value is -1.92. The molecule has 2 atom stereocenters. The van der Waals surface area contributed by atoms with Gasteiger partial charge in [-0.05, 0) is 25.7 Å². The molecule has 2 unspecified atom stereocenters. The molecule has 2 rings (SSSR count). The van der Waals surface area contributed by atoms with E-state index in [0.29, 0.717) is 6.42 Å². The monoisotopic (exact) mass is 296 g/mol. The third-order valence-electron chi connectivity index (χ3n) is 4.23. The molecular formula is C14H20N2O5. The molecule has 1 N–H and O–H groups in total. The minimum absolute atomic E-state index is 0.0425. The van der Waals surface area contributed by atoms with Crippen LogP contribution in [0.25, 0.3) is 0 Å². The molecule has 0 aromatic rings. The molecule has 116 valence electrons. The Morgan fingerprint density at radius 1 is 1.38 bits per heavy atom. The molecule has 3 amide bonds. The SMILES string of the molecule is CC(=O)COC(=O)CN1C(=O)NC2(CCCCC2C)C1=O. The molecule has 1 aliphatic carbocycles. The summed E-state index contributed by atoms with van der Waals surface area (Å²) in [7, 11) is 0. The number of ketones is 1. The van der Waals surface area contributed by atoms with Crippen LogP contribution in [0.3, 0.4) is 0 Å². The van der Waals surface area contributed by atoms with Crippen molar-refractivity contribution < 1.29 is 23.9 Å². The summed E-state index contributed by atoms with van der Waals surface area (Å²) in [5.41, 5.74) is -0.879. The van der Waals surface area contributed by atoms with E-state index in [1.807, 2.05) is 6.92 Å². The summed E-state index contributed by atoms with van der Waals surface area (Å²) in [5, 5.41) is 2.75. The van der Waals surface area contributed by atoms with Crippen LogP contribution >= 0.6 is 0 Å². The molecule has 2 aliphatic rings. The Morgan fingerprint density at radius 2 is 2.10 bits per heavy atom. The van der Waals surface area contributed by atoms with Gasteiger partial charge in [0, 0.05) is 0 Å². The van der Waals surface area contributed by atoms with Gasteiger partial charge in [0.05, 0.1) is 0 Å². The number of carbonyl (C=O) groups is 4. The van der Waals surface area contributed by atoms with E-state index in [0.717, 1.165) is 24.2 Å². The number of imide groups is 1. The van der Waals surface area contributed by atoms with E-state index in [4.69, 9.17) is 4.74 Å². The maximum Gasteiger partial charge on any atom is 0.326 e. The van der Waals surface area contributed by atoms with Crippen molar-refractivity contribution >= 4 is 23.7 Å². The highest BCUT2D eigenvalue weighted by Crippen LogP contribution is 2.38. The molecule has 1 saturated carbocycles. The van der Waals surface area contributed by atoms with E-state index < -0.39 is 24.1 Å². The van der Waals surface area contributed by atoms with Crippen LogP contribution in [0.5, 0.6) is 0 Å². The predicted molar refractivity (Wildman–Crippen MR) is 72.2 cm³/mol. The maximum absolute atomic E-state index is 12.5. The van der Waals surface area contributed by atoms with E-state index in [1.165, 1.54) is 6.92 Å². The van der Waals surface area contributed by atoms with Crippen molar-refractivity contribution in [3.05, 3.63) is 0 Å². The normalized spacial score (nSPS) is 28.7. The van der Waals surface area contributed by atoms with Crippen LogP contribution in [-0.4, -0.2) is 47.3 Å². The van der Waals surface area contributed by atoms with Gasteiger partial charge >= 0.3 is 12.0 Å². The Labute approximate surface area is 123 Å². The highest BCUT2D eigenvalue weighted by molar-refractivity contribution is 6.09. The van der Waals surface area contributed by atoms with Gasteiger partial charge in [-0.25, -0.2) is 4.79 Å². The third-order valence-corrected chi connectivity index (χ3v) is 4.23. The number of carbonyl (C=O) groups excluding carboxylic acids is 4. The highest BCUT2D eigenvalue weighted by atomic mass is 16.5. The zero-order valence-electron chi connectivity index (χ0n) is 12.3. The number of nitrogens with zero attached hydrogens (tertiary/aromatic N) is 1. The lowest BCUT2D eigenvalue weighted by atomic mass is 9.73. The Balaban J connectivity index is 2.05. The Kier molecular flexibility index (Phi) is 4.29. The molecule has 0 bridgehead atoms. The molecule has 1 saturated heterocycles. The quantitative estimate of drug-likeness (QED) is 0.606. The van der Waals surface area contributed by atoms with Crippen molar-refractivity contribution in [2.75, 3.05) is 13.2 Å². The summed E-state index contributed by atoms with van der Waals surface area (Å²) in [6.45, 7) is 2.44. The fraction of sp³-hybridized carbons (Fsp3) is 0.714. The van der Waals surface area contributed by atoms with E-state index in [2.05, 4.69) is 5.32 Å². The van der Waals surface area contributed by atoms with Crippen LogP contribution < -0.4 is 5.32 Å². The van der Waals surface area contributed by atoms with E-state index >= 15 is 0 Å². The second-order valence-corrected chi connectivity index (χ2v) is 5.80. The molecule has 0 aromatic heterocycles. The largest absolute Gasteiger partial charge is 0.456 e. The fourth-order valence-electron chi connectivity index (χ4n) is 3.00. The summed E-state index contributed by atoms with van der Waals surface area (Å²) >= 11 is 0. The van der Waals surface area contributed by atoms with Gasteiger partial charge in [0.25, 0.3) is 5.91 Å². The van der Waals surface area contributed by atoms with E-state index in [9.17, 15) is 19.2 Å². The molecule has 1 spiro atoms. The lowest BCUT2D eigenvalue weighted by Crippen LogP contribution is -2.54. The first-order valence-electron chi connectivity index (χ1n) is 7.16. The number of amides is 3. The van der Waals surface area contributed by atoms with Crippen LogP contribution in [0.4, 0.5) is 4.79 Å². The maximum atomic E-state index is 12.5. The average molecular weight is 296 g/mol. The number of urea groups is 1. The average Bonchev–Trinajstić information content (AvgIpc) is 2.65. The van der Waals surface area contributed by atoms with Gasteiger partial charge in [0.2, 0.25) is 0 Å². The van der Waals surface area contributed by atoms with Gasteiger partial charge in [0.15, 0.2) is 5.78 Å². The number of rotatable bonds is 4. The van der Waals surface area contributed by atoms with Crippen molar-refractivity contribution in [3.8, 4) is 0 Å². The van der Waals surface area contributed by atoms with Gasteiger partial charge in [-0.3, -0.25) is 19.3 Å². The van der Waals surface area contributed by atoms with Gasteiger partial charge in [-0.2, -0.15) is 0 Å². The minimum atomic E-state index is -0.879. The van der Waals surface area contributed by atoms with Crippen molar-refractivity contribution in [2.45, 2.75) is 45.1 Å². The third kappa shape index (κ3) is 2.91. The van der Waals surface area contributed by atoms with Gasteiger partial charge in [-0.15, -0.1) is 0 Å². The molecule has 21 heavy (non-hydrogen) atoms. The molecule has 2 fully saturated rings. The van der Waals surface area contributed by atoms with Crippen LogP contribution in [0.2, 0.25) is 0 Å². The number of hydrogen-bond donors (Lipinski definition) is 1. The fourth-order valence-corrected chi connectivity index (χ4v) is 3.00. The number of hydrogen-bond acceptors (Lipinski definition) is 5. The van der Waals surface area contributed by atoms with E-state index in [1.54, 1.807) is 0 Å². The zero-order valence-corrected chi connectivity index (χ0v) is 12.3. The minimum Gasteiger partial charge on any atom is -0.456 e. The molecule has 7 nitrogen and oxygen atoms in total. The summed E-state index contributed by atoms with van der Waals surface area (Å²) in [6.07, 6.45) is 3.37. The summed E-state index contributed by atoms with van der Waals surface area (Å²) in [6, 6.07) is -0.562. The first-order chi connectivity index (χ1) is 9.86. The molecule has 1 aliphatic heterocycles. The smallest absolute Gasteiger partial charge is 0.326 e. The molecule has 1 heterocycles. The Bertz CT molecular complexity index is 490. The molecule has 7 heteroatoms. The standard InChI is InChI=1S/C14H20N2O5/c1-9-5-3-4-6-14(9)12(19)16(13(20)15-14)7-11(18)21-8-10(2)17/h9H,3-8H2,1-2H3,(H,15,20). The van der Waals surface area contributed by atoms with Crippen molar-refractivity contribution in [3.63, 3.8) is 0 Å². The first-order valence-corrected chi connectivity index (χ1v) is 7.16. The van der Waals surface area contributed by atoms with Crippen LogP contribution in [0.15, 0.2) is 0 Å². The molecule has 0 radical (unpaired) electrons. The topological polar surface area (TPSA) is 92.8 Å². The van der Waals surface area contributed by atoms with Crippen molar-refractivity contribution in [2.24, 2.45) is 5.92 Å². The number of esters is 1. The molecular weight excluding hydrogens is 276 g/mol. The van der Waals surface area contributed by atoms with Crippen LogP contribution in [0.1, 0.15) is 39.5 Å². The highest BCUT2D eigenvalue weighted by Gasteiger charge is 2.55. The number of nitrogens with one attached hydrogen (secondary N) is 1. The van der Waals surface area contributed by atoms with Gasteiger partial charge in [-0.1, -0.05) is 19.8 Å². The van der Waals surface area contributed by atoms with Gasteiger partial charge < -0.3 is 10.1 Å². The molecule has 0 aromatic carbocycles. The second kappa shape index (κ2) is 5.83. The summed E-state index contributed by atoms with van der Waals surface area (Å²) in [5.74, 6) is -1.37. The van der Waals surface area contributed by atoms with Crippen LogP contribution in [0, 0.1) is 5.92 Å². The zero-order chi connectivity index (χ0) is 15.6. The van der Waals surface area contributed by atoms with E-state index in [-0.39, 0.29) is 24.2 Å². The Morgan fingerprint density at radius 3 is 2.71 bits per heavy atom. The van der Waals surface area contributed by atoms with Crippen LogP contribution in [-0.2, 0) is 19.1 Å². The summed E-state index contributed by atoms with van der Waals surface area (Å²) in [4.78, 5) is 47.8. The van der Waals surface area contributed by atoms with Crippen molar-refractivity contribution in [1.82, 2.24) is 10.2 Å². The van der Waals surface area contributed by atoms with Gasteiger partial charge in [0.1, 0.15) is 18.7 Å². The second-order valence-electron chi connectivity index (χ2n) is 5.80. The lowest BCUT2D eigenvalue weighted by Gasteiger charge is -2.36. The number of Topliss-reactive ketones (excluding diaryl/α,β-unsaturated/α-hetero) is 1. The first kappa shape index (κ1) is 15.5. The predicted octanol–water partition coefficient (Wildman–Crippen LogP) is 0.619. The number of ether oxygens (including phenoxy) is 1. The van der Waals surface area contributed by atoms with Crippen molar-refractivity contribution in [1.29, 1.82) is 0 Å². The summed E-state index contributed by atoms with van der Waals surface area (Å²) < 4.78 is 4.70.